The molecule has 0 aliphatic carbocycles. The van der Waals surface area contributed by atoms with E-state index in [1.165, 1.54) is 7.11 Å². The van der Waals surface area contributed by atoms with Gasteiger partial charge < -0.3 is 9.84 Å². The number of benzene rings is 2. The third-order valence-electron chi connectivity index (χ3n) is 3.52. The minimum Gasteiger partial charge on any atom is -0.499 e. The molecule has 0 spiro atoms. The first-order chi connectivity index (χ1) is 11.5. The summed E-state index contributed by atoms with van der Waals surface area (Å²) in [4.78, 5) is 22.9. The molecule has 2 aromatic carbocycles. The molecule has 2 rings (SSSR count). The molecule has 0 radical (unpaired) electrons. The van der Waals surface area contributed by atoms with Gasteiger partial charge in [-0.2, -0.15) is 5.26 Å². The van der Waals surface area contributed by atoms with Crippen LogP contribution >= 0.6 is 0 Å². The van der Waals surface area contributed by atoms with Crippen LogP contribution in [-0.2, 0) is 6.42 Å². The van der Waals surface area contributed by atoms with E-state index < -0.39 is 27.7 Å². The van der Waals surface area contributed by atoms with Crippen LogP contribution in [0.2, 0.25) is 0 Å². The van der Waals surface area contributed by atoms with Crippen molar-refractivity contribution >= 4 is 11.5 Å². The molecule has 0 saturated carbocycles. The molecule has 7 heteroatoms. The molecule has 0 amide bonds. The lowest BCUT2D eigenvalue weighted by Gasteiger charge is -2.10. The predicted octanol–water partition coefficient (Wildman–Crippen LogP) is 3.00. The summed E-state index contributed by atoms with van der Waals surface area (Å²) in [6.45, 7) is 0. The number of phenolic OH excluding ortho intramolecular Hbond substituents is 1. The molecule has 24 heavy (non-hydrogen) atoms. The second-order valence-electron chi connectivity index (χ2n) is 4.98. The predicted molar refractivity (Wildman–Crippen MR) is 85.1 cm³/mol. The normalized spacial score (nSPS) is 10.0. The topological polar surface area (TPSA) is 113 Å². The molecule has 0 saturated heterocycles. The Labute approximate surface area is 137 Å². The summed E-state index contributed by atoms with van der Waals surface area (Å²) in [6.07, 6.45) is 0.347. The van der Waals surface area contributed by atoms with E-state index in [0.29, 0.717) is 6.42 Å². The Bertz CT molecular complexity index is 825. The fraction of sp³-hybridized carbons (Fsp3) is 0.176. The fourth-order valence-corrected chi connectivity index (χ4v) is 2.37. The lowest BCUT2D eigenvalue weighted by molar-refractivity contribution is -0.386. The van der Waals surface area contributed by atoms with E-state index in [1.807, 2.05) is 30.3 Å². The maximum Gasteiger partial charge on any atom is 0.326 e. The number of aryl methyl sites for hydroxylation is 1. The van der Waals surface area contributed by atoms with Crippen molar-refractivity contribution in [3.63, 3.8) is 0 Å². The molecule has 0 heterocycles. The Hall–Kier alpha value is -3.40. The van der Waals surface area contributed by atoms with Crippen LogP contribution in [0.25, 0.3) is 0 Å². The largest absolute Gasteiger partial charge is 0.499 e. The molecule has 1 N–H and O–H groups in total. The van der Waals surface area contributed by atoms with E-state index >= 15 is 0 Å². The van der Waals surface area contributed by atoms with E-state index in [4.69, 9.17) is 4.74 Å². The first kappa shape index (κ1) is 17.0. The maximum absolute atomic E-state index is 12.5. The van der Waals surface area contributed by atoms with Crippen molar-refractivity contribution in [2.45, 2.75) is 12.8 Å². The zero-order valence-electron chi connectivity index (χ0n) is 12.9. The van der Waals surface area contributed by atoms with Crippen LogP contribution in [0.15, 0.2) is 36.4 Å². The van der Waals surface area contributed by atoms with E-state index in [2.05, 4.69) is 0 Å². The number of nitro benzene ring substituents is 1. The number of carbonyl (C=O) groups excluding carboxylic acids is 1. The highest BCUT2D eigenvalue weighted by Crippen LogP contribution is 2.41. The lowest BCUT2D eigenvalue weighted by atomic mass is 9.96. The van der Waals surface area contributed by atoms with Crippen LogP contribution in [-0.4, -0.2) is 22.9 Å². The molecule has 122 valence electrons. The van der Waals surface area contributed by atoms with Gasteiger partial charge in [0.05, 0.1) is 17.6 Å². The summed E-state index contributed by atoms with van der Waals surface area (Å²) in [5.41, 5.74) is -0.500. The van der Waals surface area contributed by atoms with Crippen molar-refractivity contribution in [1.82, 2.24) is 0 Å². The van der Waals surface area contributed by atoms with E-state index in [9.17, 15) is 25.3 Å². The van der Waals surface area contributed by atoms with Gasteiger partial charge >= 0.3 is 5.69 Å². The van der Waals surface area contributed by atoms with Crippen molar-refractivity contribution in [1.29, 1.82) is 5.26 Å². The summed E-state index contributed by atoms with van der Waals surface area (Å²) in [5, 5.41) is 30.5. The van der Waals surface area contributed by atoms with Crippen molar-refractivity contribution in [2.75, 3.05) is 7.11 Å². The van der Waals surface area contributed by atoms with Gasteiger partial charge in [0.25, 0.3) is 0 Å². The van der Waals surface area contributed by atoms with Gasteiger partial charge in [0.15, 0.2) is 11.5 Å². The zero-order chi connectivity index (χ0) is 17.7. The van der Waals surface area contributed by atoms with Gasteiger partial charge in [-0.15, -0.1) is 0 Å². The van der Waals surface area contributed by atoms with Gasteiger partial charge in [0, 0.05) is 12.5 Å². The number of nitrogens with zero attached hydrogens (tertiary/aromatic N) is 2. The summed E-state index contributed by atoms with van der Waals surface area (Å²) >= 11 is 0. The number of nitro groups is 1. The summed E-state index contributed by atoms with van der Waals surface area (Å²) < 4.78 is 4.83. The Kier molecular flexibility index (Phi) is 5.12. The Morgan fingerprint density at radius 3 is 2.58 bits per heavy atom. The third kappa shape index (κ3) is 3.33. The van der Waals surface area contributed by atoms with Gasteiger partial charge in [0.2, 0.25) is 5.75 Å². The SMILES string of the molecule is COc1cc(C#N)c(C(=O)CCc2ccccc2)c([N+](=O)[O-])c1O. The Balaban J connectivity index is 2.44. The standard InChI is InChI=1S/C17H14N2O5/c1-24-14-9-12(10-18)15(16(17(14)21)19(22)23)13(20)8-7-11-5-3-2-4-6-11/h2-6,9,21H,7-8H2,1H3. The van der Waals surface area contributed by atoms with Crippen molar-refractivity contribution in [2.24, 2.45) is 0 Å². The van der Waals surface area contributed by atoms with Crippen LogP contribution in [0.1, 0.15) is 27.9 Å². The second kappa shape index (κ2) is 7.24. The number of hydrogen-bond donors (Lipinski definition) is 1. The molecule has 0 aliphatic heterocycles. The number of ketones is 1. The van der Waals surface area contributed by atoms with Crippen molar-refractivity contribution in [3.8, 4) is 17.6 Å². The maximum atomic E-state index is 12.5. The number of ether oxygens (including phenoxy) is 1. The molecule has 0 unspecified atom stereocenters. The lowest BCUT2D eigenvalue weighted by Crippen LogP contribution is -2.09. The average molecular weight is 326 g/mol. The fourth-order valence-electron chi connectivity index (χ4n) is 2.37. The monoisotopic (exact) mass is 326 g/mol. The number of methoxy groups -OCH3 is 1. The van der Waals surface area contributed by atoms with Crippen LogP contribution in [0.4, 0.5) is 5.69 Å². The van der Waals surface area contributed by atoms with Gasteiger partial charge in [0.1, 0.15) is 11.6 Å². The Morgan fingerprint density at radius 1 is 1.38 bits per heavy atom. The van der Waals surface area contributed by atoms with E-state index in [1.54, 1.807) is 6.07 Å². The quantitative estimate of drug-likeness (QED) is 0.496. The highest BCUT2D eigenvalue weighted by molar-refractivity contribution is 6.03. The van der Waals surface area contributed by atoms with Gasteiger partial charge in [-0.05, 0) is 12.0 Å². The van der Waals surface area contributed by atoms with Crippen LogP contribution < -0.4 is 4.74 Å². The average Bonchev–Trinajstić information content (AvgIpc) is 2.59. The molecular weight excluding hydrogens is 312 g/mol. The van der Waals surface area contributed by atoms with Crippen molar-refractivity contribution < 1.29 is 19.6 Å². The molecule has 0 fully saturated rings. The molecule has 0 aliphatic rings. The molecule has 0 bridgehead atoms. The molecular formula is C17H14N2O5. The zero-order valence-corrected chi connectivity index (χ0v) is 12.9. The number of phenols is 1. The number of Topliss-reactive ketones (excluding diaryl/α,β-unsaturated/α-hetero) is 1. The highest BCUT2D eigenvalue weighted by Gasteiger charge is 2.31. The molecule has 0 aromatic heterocycles. The number of hydrogen-bond acceptors (Lipinski definition) is 6. The van der Waals surface area contributed by atoms with E-state index in [0.717, 1.165) is 11.6 Å². The van der Waals surface area contributed by atoms with E-state index in [-0.39, 0.29) is 17.7 Å². The molecule has 7 nitrogen and oxygen atoms in total. The minimum absolute atomic E-state index is 0.0225. The van der Waals surface area contributed by atoms with Gasteiger partial charge in [-0.1, -0.05) is 30.3 Å². The van der Waals surface area contributed by atoms with Crippen LogP contribution in [0.3, 0.4) is 0 Å². The third-order valence-corrected chi connectivity index (χ3v) is 3.52. The summed E-state index contributed by atoms with van der Waals surface area (Å²) in [6, 6.07) is 12.0. The number of rotatable bonds is 6. The molecule has 0 atom stereocenters. The van der Waals surface area contributed by atoms with Gasteiger partial charge in [-0.25, -0.2) is 0 Å². The number of carbonyl (C=O) groups is 1. The smallest absolute Gasteiger partial charge is 0.326 e. The highest BCUT2D eigenvalue weighted by atomic mass is 16.6. The molecule has 2 aromatic rings. The van der Waals surface area contributed by atoms with Crippen molar-refractivity contribution in [3.05, 3.63) is 63.2 Å². The van der Waals surface area contributed by atoms with Crippen LogP contribution in [0, 0.1) is 21.4 Å². The minimum atomic E-state index is -0.881. The summed E-state index contributed by atoms with van der Waals surface area (Å²) in [5.74, 6) is -1.57. The van der Waals surface area contributed by atoms with Crippen LogP contribution in [0.5, 0.6) is 11.5 Å². The second-order valence-corrected chi connectivity index (χ2v) is 4.98. The Morgan fingerprint density at radius 2 is 2.04 bits per heavy atom. The first-order valence-electron chi connectivity index (χ1n) is 7.05. The van der Waals surface area contributed by atoms with Gasteiger partial charge in [-0.3, -0.25) is 14.9 Å². The summed E-state index contributed by atoms with van der Waals surface area (Å²) in [7, 11) is 1.21. The number of nitriles is 1. The first-order valence-corrected chi connectivity index (χ1v) is 7.05. The number of aromatic hydroxyl groups is 1.